The maximum atomic E-state index is 5.91. The molecule has 0 aromatic heterocycles. The summed E-state index contributed by atoms with van der Waals surface area (Å²) in [6.45, 7) is 6.43. The molecule has 2 nitrogen and oxygen atoms in total. The molecule has 1 aromatic rings. The molecule has 0 saturated carbocycles. The van der Waals surface area contributed by atoms with Gasteiger partial charge in [-0.15, -0.1) is 0 Å². The van der Waals surface area contributed by atoms with Gasteiger partial charge in [0.2, 0.25) is 0 Å². The van der Waals surface area contributed by atoms with E-state index >= 15 is 0 Å². The Bertz CT molecular complexity index is 327. The lowest BCUT2D eigenvalue weighted by Gasteiger charge is -2.27. The number of nitrogens with one attached hydrogen (secondary N) is 1. The van der Waals surface area contributed by atoms with Gasteiger partial charge in [-0.25, -0.2) is 0 Å². The van der Waals surface area contributed by atoms with E-state index < -0.39 is 0 Å². The zero-order valence-corrected chi connectivity index (χ0v) is 11.1. The van der Waals surface area contributed by atoms with Gasteiger partial charge < -0.3 is 10.1 Å². The summed E-state index contributed by atoms with van der Waals surface area (Å²) in [6.07, 6.45) is 0.114. The molecule has 0 fully saturated rings. The summed E-state index contributed by atoms with van der Waals surface area (Å²) in [4.78, 5) is 0. The van der Waals surface area contributed by atoms with E-state index in [1.54, 1.807) is 0 Å². The van der Waals surface area contributed by atoms with Crippen molar-refractivity contribution in [3.05, 3.63) is 29.3 Å². The Morgan fingerprint density at radius 1 is 1.25 bits per heavy atom. The van der Waals surface area contributed by atoms with Crippen LogP contribution >= 0.6 is 11.6 Å². The maximum Gasteiger partial charge on any atom is 0.121 e. The van der Waals surface area contributed by atoms with Crippen molar-refractivity contribution >= 4 is 11.6 Å². The second kappa shape index (κ2) is 6.12. The minimum atomic E-state index is 0.114. The Labute approximate surface area is 103 Å². The van der Waals surface area contributed by atoms with Crippen LogP contribution < -0.4 is 10.1 Å². The highest BCUT2D eigenvalue weighted by molar-refractivity contribution is 6.30. The van der Waals surface area contributed by atoms with E-state index in [0.29, 0.717) is 17.0 Å². The van der Waals surface area contributed by atoms with Gasteiger partial charge in [0, 0.05) is 11.1 Å². The van der Waals surface area contributed by atoms with Crippen LogP contribution in [-0.2, 0) is 0 Å². The van der Waals surface area contributed by atoms with E-state index in [0.717, 1.165) is 5.75 Å². The molecule has 90 valence electrons. The molecular weight excluding hydrogens is 222 g/mol. The second-order valence-corrected chi connectivity index (χ2v) is 4.78. The van der Waals surface area contributed by atoms with E-state index in [-0.39, 0.29) is 6.10 Å². The van der Waals surface area contributed by atoms with Crippen molar-refractivity contribution in [2.24, 2.45) is 5.92 Å². The first-order valence-corrected chi connectivity index (χ1v) is 6.02. The van der Waals surface area contributed by atoms with Gasteiger partial charge in [-0.2, -0.15) is 0 Å². The van der Waals surface area contributed by atoms with Crippen molar-refractivity contribution in [1.29, 1.82) is 0 Å². The van der Waals surface area contributed by atoms with Crippen LogP contribution in [-0.4, -0.2) is 19.2 Å². The van der Waals surface area contributed by atoms with Gasteiger partial charge in [0.15, 0.2) is 0 Å². The van der Waals surface area contributed by atoms with E-state index in [4.69, 9.17) is 16.3 Å². The summed E-state index contributed by atoms with van der Waals surface area (Å²) in [6, 6.07) is 7.84. The molecule has 0 aliphatic rings. The summed E-state index contributed by atoms with van der Waals surface area (Å²) >= 11 is 5.91. The zero-order valence-electron chi connectivity index (χ0n) is 10.3. The average Bonchev–Trinajstić information content (AvgIpc) is 2.17. The number of benzene rings is 1. The minimum absolute atomic E-state index is 0.114. The third kappa shape index (κ3) is 3.69. The van der Waals surface area contributed by atoms with Crippen molar-refractivity contribution in [1.82, 2.24) is 5.32 Å². The second-order valence-electron chi connectivity index (χ2n) is 4.34. The number of ether oxygens (including phenoxy) is 1. The molecule has 2 unspecified atom stereocenters. The molecule has 1 aromatic carbocycles. The fourth-order valence-corrected chi connectivity index (χ4v) is 2.12. The first-order valence-electron chi connectivity index (χ1n) is 5.64. The Hall–Kier alpha value is -0.730. The number of halogens is 1. The van der Waals surface area contributed by atoms with E-state index in [1.807, 2.05) is 31.3 Å². The molecule has 0 aliphatic heterocycles. The van der Waals surface area contributed by atoms with Gasteiger partial charge in [0.1, 0.15) is 11.9 Å². The minimum Gasteiger partial charge on any atom is -0.489 e. The molecule has 0 heterocycles. The number of likely N-dealkylation sites (N-methyl/N-ethyl adjacent to an activating group) is 1. The van der Waals surface area contributed by atoms with Crippen molar-refractivity contribution in [3.63, 3.8) is 0 Å². The lowest BCUT2D eigenvalue weighted by atomic mass is 10.00. The predicted octanol–water partition coefficient (Wildman–Crippen LogP) is 3.35. The van der Waals surface area contributed by atoms with Gasteiger partial charge in [-0.05, 0) is 38.1 Å². The van der Waals surface area contributed by atoms with Crippen molar-refractivity contribution < 1.29 is 4.74 Å². The van der Waals surface area contributed by atoms with Gasteiger partial charge in [-0.3, -0.25) is 0 Å². The first kappa shape index (κ1) is 13.3. The molecule has 0 saturated heterocycles. The first-order chi connectivity index (χ1) is 7.54. The number of hydrogen-bond acceptors (Lipinski definition) is 2. The molecule has 0 amide bonds. The summed E-state index contributed by atoms with van der Waals surface area (Å²) in [5.74, 6) is 1.35. The quantitative estimate of drug-likeness (QED) is 0.854. The van der Waals surface area contributed by atoms with Gasteiger partial charge in [0.25, 0.3) is 0 Å². The number of rotatable bonds is 5. The van der Waals surface area contributed by atoms with Crippen LogP contribution in [0.1, 0.15) is 20.8 Å². The highest BCUT2D eigenvalue weighted by Gasteiger charge is 2.20. The normalized spacial score (nSPS) is 14.9. The number of hydrogen-bond donors (Lipinski definition) is 1. The van der Waals surface area contributed by atoms with Crippen LogP contribution in [0.25, 0.3) is 0 Å². The van der Waals surface area contributed by atoms with Crippen LogP contribution in [0.5, 0.6) is 5.75 Å². The lowest BCUT2D eigenvalue weighted by Crippen LogP contribution is -2.43. The topological polar surface area (TPSA) is 21.3 Å². The van der Waals surface area contributed by atoms with Crippen LogP contribution in [0.3, 0.4) is 0 Å². The standard InChI is InChI=1S/C13H20ClNO/c1-9(2)13(15-4)10(3)16-12-7-5-6-11(14)8-12/h5-10,13,15H,1-4H3. The fourth-order valence-electron chi connectivity index (χ4n) is 1.94. The van der Waals surface area contributed by atoms with Gasteiger partial charge in [0.05, 0.1) is 0 Å². The summed E-state index contributed by atoms with van der Waals surface area (Å²) in [7, 11) is 1.96. The molecule has 3 heteroatoms. The molecule has 0 radical (unpaired) electrons. The molecule has 0 bridgehead atoms. The van der Waals surface area contributed by atoms with Crippen LogP contribution in [0.4, 0.5) is 0 Å². The molecule has 16 heavy (non-hydrogen) atoms. The summed E-state index contributed by atoms with van der Waals surface area (Å²) < 4.78 is 5.86. The molecular formula is C13H20ClNO. The van der Waals surface area contributed by atoms with E-state index in [1.165, 1.54) is 0 Å². The zero-order chi connectivity index (χ0) is 12.1. The van der Waals surface area contributed by atoms with Crippen LogP contribution in [0, 0.1) is 5.92 Å². The van der Waals surface area contributed by atoms with Crippen molar-refractivity contribution in [2.45, 2.75) is 32.9 Å². The Morgan fingerprint density at radius 2 is 1.94 bits per heavy atom. The molecule has 0 spiro atoms. The third-order valence-corrected chi connectivity index (χ3v) is 2.91. The Balaban J connectivity index is 2.66. The van der Waals surface area contributed by atoms with Gasteiger partial charge >= 0.3 is 0 Å². The Kier molecular flexibility index (Phi) is 5.10. The van der Waals surface area contributed by atoms with Gasteiger partial charge in [-0.1, -0.05) is 31.5 Å². The largest absolute Gasteiger partial charge is 0.489 e. The molecule has 1 N–H and O–H groups in total. The van der Waals surface area contributed by atoms with Crippen molar-refractivity contribution in [3.8, 4) is 5.75 Å². The predicted molar refractivity (Wildman–Crippen MR) is 69.2 cm³/mol. The monoisotopic (exact) mass is 241 g/mol. The smallest absolute Gasteiger partial charge is 0.121 e. The highest BCUT2D eigenvalue weighted by atomic mass is 35.5. The molecule has 0 aliphatic carbocycles. The Morgan fingerprint density at radius 3 is 2.44 bits per heavy atom. The fraction of sp³-hybridized carbons (Fsp3) is 0.538. The highest BCUT2D eigenvalue weighted by Crippen LogP contribution is 2.20. The average molecular weight is 242 g/mol. The SMILES string of the molecule is CNC(C(C)C)C(C)Oc1cccc(Cl)c1. The van der Waals surface area contributed by atoms with Crippen LogP contribution in [0.2, 0.25) is 5.02 Å². The summed E-state index contributed by atoms with van der Waals surface area (Å²) in [5.41, 5.74) is 0. The lowest BCUT2D eigenvalue weighted by molar-refractivity contribution is 0.149. The van der Waals surface area contributed by atoms with Crippen molar-refractivity contribution in [2.75, 3.05) is 7.05 Å². The molecule has 2 atom stereocenters. The molecule has 1 rings (SSSR count). The maximum absolute atomic E-state index is 5.91. The van der Waals surface area contributed by atoms with E-state index in [2.05, 4.69) is 26.1 Å². The van der Waals surface area contributed by atoms with Crippen LogP contribution in [0.15, 0.2) is 24.3 Å². The third-order valence-electron chi connectivity index (χ3n) is 2.68. The summed E-state index contributed by atoms with van der Waals surface area (Å²) in [5, 5.41) is 3.98. The van der Waals surface area contributed by atoms with E-state index in [9.17, 15) is 0 Å².